The molecule has 0 aliphatic heterocycles. The van der Waals surface area contributed by atoms with E-state index in [1.807, 2.05) is 0 Å². The van der Waals surface area contributed by atoms with Gasteiger partial charge in [-0.05, 0) is 0 Å². The minimum absolute atomic E-state index is 0.0601. The number of rotatable bonds is 3. The number of allylic oxidation sites excluding steroid dienone is 4. The Morgan fingerprint density at radius 2 is 0.722 bits per heavy atom. The molecule has 1 radical (unpaired) electrons. The topological polar surface area (TPSA) is 0 Å². The van der Waals surface area contributed by atoms with E-state index < -0.39 is 12.5 Å². The maximum absolute atomic E-state index is 6.94. The van der Waals surface area contributed by atoms with Crippen LogP contribution in [-0.2, 0) is 21.7 Å². The second kappa shape index (κ2) is 9.97. The fourth-order valence-electron chi connectivity index (χ4n) is 4.62. The maximum atomic E-state index is 6.94. The van der Waals surface area contributed by atoms with Crippen LogP contribution in [0.3, 0.4) is 0 Å². The molecule has 0 spiro atoms. The average Bonchev–Trinajstić information content (AvgIpc) is 3.16. The van der Waals surface area contributed by atoms with E-state index in [9.17, 15) is 0 Å². The molecule has 0 nitrogen and oxygen atoms in total. The van der Waals surface area contributed by atoms with Crippen LogP contribution in [0.25, 0.3) is 11.1 Å². The van der Waals surface area contributed by atoms with E-state index in [4.69, 9.17) is 20.0 Å². The van der Waals surface area contributed by atoms with Gasteiger partial charge in [0.2, 0.25) is 0 Å². The van der Waals surface area contributed by atoms with Crippen LogP contribution in [0.1, 0.15) is 116 Å². The van der Waals surface area contributed by atoms with Crippen LogP contribution >= 0.6 is 20.0 Å². The zero-order valence-corrected chi connectivity index (χ0v) is 28.1. The molecule has 0 bridgehead atoms. The van der Waals surface area contributed by atoms with Crippen LogP contribution in [0, 0.1) is 0 Å². The molecule has 2 aromatic carbocycles. The summed E-state index contributed by atoms with van der Waals surface area (Å²) in [6, 6.07) is 14.2. The third-order valence-corrected chi connectivity index (χ3v) is 11.8. The minimum atomic E-state index is -2.41. The number of hydrogen-bond donors (Lipinski definition) is 0. The summed E-state index contributed by atoms with van der Waals surface area (Å²) < 4.78 is 0.0828. The van der Waals surface area contributed by atoms with Crippen molar-refractivity contribution in [1.82, 2.24) is 0 Å². The quantitative estimate of drug-likeness (QED) is 0.315. The van der Waals surface area contributed by atoms with E-state index >= 15 is 0 Å². The zero-order chi connectivity index (χ0) is 27.4. The van der Waals surface area contributed by atoms with Gasteiger partial charge >= 0.3 is 235 Å². The zero-order valence-electron chi connectivity index (χ0n) is 24.5. The van der Waals surface area contributed by atoms with Gasteiger partial charge in [0.25, 0.3) is 0 Å². The van der Waals surface area contributed by atoms with Crippen LogP contribution in [0.5, 0.6) is 0 Å². The van der Waals surface area contributed by atoms with Crippen molar-refractivity contribution in [2.75, 3.05) is 0 Å². The molecule has 0 heterocycles. The second-order valence-electron chi connectivity index (χ2n) is 14.6. The van der Waals surface area contributed by atoms with Crippen molar-refractivity contribution >= 4 is 43.7 Å². The fraction of sp³-hybridized carbons (Fsp3) is 0.515. The predicted octanol–water partition coefficient (Wildman–Crippen LogP) is 10.7. The van der Waals surface area contributed by atoms with Gasteiger partial charge in [0.05, 0.1) is 0 Å². The molecule has 0 aromatic heterocycles. The molecule has 3 rings (SSSR count). The Hall–Kier alpha value is -0.957. The Labute approximate surface area is 234 Å². The third kappa shape index (κ3) is 6.54. The molecule has 3 heteroatoms. The first-order chi connectivity index (χ1) is 16.2. The van der Waals surface area contributed by atoms with Gasteiger partial charge in [-0.15, -0.1) is 0 Å². The fourth-order valence-corrected chi connectivity index (χ4v) is 9.15. The summed E-state index contributed by atoms with van der Waals surface area (Å²) in [5.74, 6) is 0. The molecule has 0 amide bonds. The molecule has 1 aliphatic carbocycles. The summed E-state index contributed by atoms with van der Waals surface area (Å²) in [5.41, 5.74) is 10.7. The van der Waals surface area contributed by atoms with E-state index in [0.717, 1.165) is 0 Å². The first-order valence-corrected chi connectivity index (χ1v) is 19.8. The number of benzene rings is 2. The predicted molar refractivity (Wildman–Crippen MR) is 165 cm³/mol. The molecule has 0 fully saturated rings. The standard InChI is InChI=1S/C33H45Cl2Ge/c1-30(2,3)23-15-21(16-24(19-23)31(4,5)6)27-13-14-28(29(27)36(34)35)22-17-25(32(7,8)9)20-26(18-22)33(10,11)12/h13-20,29H,1-12H3. The molecule has 1 aliphatic rings. The first-order valence-electron chi connectivity index (χ1n) is 13.1. The third-order valence-electron chi connectivity index (χ3n) is 7.28. The van der Waals surface area contributed by atoms with E-state index in [1.54, 1.807) is 0 Å². The van der Waals surface area contributed by atoms with Gasteiger partial charge in [0.15, 0.2) is 0 Å². The number of hydrogen-bond acceptors (Lipinski definition) is 0. The van der Waals surface area contributed by atoms with Gasteiger partial charge in [-0.1, -0.05) is 0 Å². The van der Waals surface area contributed by atoms with E-state index in [1.165, 1.54) is 44.5 Å². The molecular formula is C33H45Cl2Ge. The normalized spacial score (nSPS) is 16.0. The van der Waals surface area contributed by atoms with Crippen LogP contribution < -0.4 is 0 Å². The van der Waals surface area contributed by atoms with Gasteiger partial charge in [-0.3, -0.25) is 0 Å². The van der Waals surface area contributed by atoms with Crippen molar-refractivity contribution in [3.8, 4) is 0 Å². The summed E-state index contributed by atoms with van der Waals surface area (Å²) in [4.78, 5) is 0. The van der Waals surface area contributed by atoms with Gasteiger partial charge in [-0.25, -0.2) is 0 Å². The summed E-state index contributed by atoms with van der Waals surface area (Å²) >= 11 is -2.41. The summed E-state index contributed by atoms with van der Waals surface area (Å²) in [7, 11) is 13.9. The van der Waals surface area contributed by atoms with Crippen molar-refractivity contribution in [2.45, 2.75) is 109 Å². The molecule has 0 unspecified atom stereocenters. The Kier molecular flexibility index (Phi) is 8.20. The first kappa shape index (κ1) is 29.6. The van der Waals surface area contributed by atoms with Crippen LogP contribution in [0.2, 0.25) is 4.75 Å². The Bertz CT molecular complexity index is 1030. The van der Waals surface area contributed by atoms with Gasteiger partial charge < -0.3 is 0 Å². The molecule has 0 N–H and O–H groups in total. The average molecular weight is 585 g/mol. The van der Waals surface area contributed by atoms with Gasteiger partial charge in [0.1, 0.15) is 0 Å². The molecular weight excluding hydrogens is 540 g/mol. The molecule has 0 saturated carbocycles. The van der Waals surface area contributed by atoms with E-state index in [0.29, 0.717) is 0 Å². The molecule has 2 aromatic rings. The van der Waals surface area contributed by atoms with Crippen LogP contribution in [0.15, 0.2) is 48.6 Å². The summed E-state index contributed by atoms with van der Waals surface area (Å²) in [6.07, 6.45) is 4.57. The van der Waals surface area contributed by atoms with Crippen molar-refractivity contribution in [3.05, 3.63) is 81.9 Å². The van der Waals surface area contributed by atoms with Crippen molar-refractivity contribution in [1.29, 1.82) is 0 Å². The summed E-state index contributed by atoms with van der Waals surface area (Å²) in [6.45, 7) is 27.5. The Morgan fingerprint density at radius 1 is 0.472 bits per heavy atom. The van der Waals surface area contributed by atoms with Gasteiger partial charge in [-0.2, -0.15) is 0 Å². The van der Waals surface area contributed by atoms with Crippen LogP contribution in [-0.4, -0.2) is 12.5 Å². The Morgan fingerprint density at radius 3 is 0.917 bits per heavy atom. The van der Waals surface area contributed by atoms with Gasteiger partial charge in [0, 0.05) is 0 Å². The van der Waals surface area contributed by atoms with Crippen molar-refractivity contribution < 1.29 is 0 Å². The van der Waals surface area contributed by atoms with Crippen molar-refractivity contribution in [2.24, 2.45) is 0 Å². The molecule has 195 valence electrons. The molecule has 0 saturated heterocycles. The second-order valence-corrected chi connectivity index (χ2v) is 22.2. The SMILES string of the molecule is CC(C)(C)c1cc(C2=CC=C(c3cc(C(C)(C)C)cc(C(C)(C)C)c3)[CH]2[Ge]([Cl])[Cl])cc(C(C)(C)C)c1. The monoisotopic (exact) mass is 585 g/mol. The number of halogens is 2. The molecule has 0 atom stereocenters. The molecule has 36 heavy (non-hydrogen) atoms. The summed E-state index contributed by atoms with van der Waals surface area (Å²) in [5, 5.41) is 0. The van der Waals surface area contributed by atoms with Crippen molar-refractivity contribution in [3.63, 3.8) is 0 Å². The van der Waals surface area contributed by atoms with E-state index in [2.05, 4.69) is 132 Å². The Balaban J connectivity index is 2.18. The van der Waals surface area contributed by atoms with Crippen LogP contribution in [0.4, 0.5) is 0 Å². The van der Waals surface area contributed by atoms with E-state index in [-0.39, 0.29) is 26.4 Å².